The molecule has 3 N–H and O–H groups in total. The summed E-state index contributed by atoms with van der Waals surface area (Å²) in [5, 5.41) is 1.75. The molecule has 2 aromatic heterocycles. The summed E-state index contributed by atoms with van der Waals surface area (Å²) in [7, 11) is 0. The molecule has 0 bridgehead atoms. The molecule has 6 nitrogen and oxygen atoms in total. The van der Waals surface area contributed by atoms with E-state index in [-0.39, 0.29) is 17.3 Å². The number of benzene rings is 1. The first-order valence-electron chi connectivity index (χ1n) is 7.65. The number of carbonyl (C=O) groups is 2. The fourth-order valence-corrected chi connectivity index (χ4v) is 3.22. The fraction of sp³-hybridized carbons (Fsp3) is 0.235. The van der Waals surface area contributed by atoms with Crippen LogP contribution < -0.4 is 5.73 Å². The summed E-state index contributed by atoms with van der Waals surface area (Å²) in [6, 6.07) is 9.44. The lowest BCUT2D eigenvalue weighted by Gasteiger charge is -2.15. The average molecular weight is 308 g/mol. The van der Waals surface area contributed by atoms with Crippen LogP contribution in [0, 0.1) is 0 Å². The van der Waals surface area contributed by atoms with Crippen LogP contribution in [0.15, 0.2) is 30.3 Å². The fourth-order valence-electron chi connectivity index (χ4n) is 3.22. The quantitative estimate of drug-likeness (QED) is 0.759. The molecule has 2 amide bonds. The van der Waals surface area contributed by atoms with Crippen molar-refractivity contribution in [2.75, 3.05) is 13.1 Å². The van der Waals surface area contributed by atoms with Crippen LogP contribution in [0.4, 0.5) is 0 Å². The van der Waals surface area contributed by atoms with E-state index in [2.05, 4.69) is 9.97 Å². The standard InChI is InChI=1S/C17H16N4O2/c18-16(22)15-14-11(10-5-1-2-6-12(10)19-14)9-13(20-15)17(23)21-7-3-4-8-21/h1-2,5-6,9,19H,3-4,7-8H2,(H2,18,22). The first-order valence-corrected chi connectivity index (χ1v) is 7.65. The second-order valence-electron chi connectivity index (χ2n) is 5.81. The number of primary amides is 1. The lowest BCUT2D eigenvalue weighted by Crippen LogP contribution is -2.29. The van der Waals surface area contributed by atoms with Crippen LogP contribution in [-0.2, 0) is 0 Å². The van der Waals surface area contributed by atoms with E-state index in [0.717, 1.165) is 42.2 Å². The minimum Gasteiger partial charge on any atom is -0.364 e. The zero-order chi connectivity index (χ0) is 16.0. The number of fused-ring (bicyclic) bond motifs is 3. The van der Waals surface area contributed by atoms with Gasteiger partial charge in [-0.3, -0.25) is 9.59 Å². The molecule has 1 aliphatic heterocycles. The Morgan fingerprint density at radius 3 is 2.61 bits per heavy atom. The summed E-state index contributed by atoms with van der Waals surface area (Å²) in [4.78, 5) is 33.6. The van der Waals surface area contributed by atoms with Gasteiger partial charge >= 0.3 is 0 Å². The molecule has 116 valence electrons. The molecule has 0 aliphatic carbocycles. The highest BCUT2D eigenvalue weighted by Crippen LogP contribution is 2.28. The smallest absolute Gasteiger partial charge is 0.272 e. The number of likely N-dealkylation sites (tertiary alicyclic amines) is 1. The van der Waals surface area contributed by atoms with Crippen molar-refractivity contribution in [1.29, 1.82) is 0 Å². The van der Waals surface area contributed by atoms with Crippen molar-refractivity contribution in [3.05, 3.63) is 41.7 Å². The van der Waals surface area contributed by atoms with Gasteiger partial charge in [-0.2, -0.15) is 0 Å². The Labute approximate surface area is 132 Å². The Morgan fingerprint density at radius 1 is 1.13 bits per heavy atom. The van der Waals surface area contributed by atoms with E-state index in [4.69, 9.17) is 5.73 Å². The zero-order valence-corrected chi connectivity index (χ0v) is 12.5. The molecule has 0 spiro atoms. The SMILES string of the molecule is NC(=O)c1nc(C(=O)N2CCCC2)cc2c1[nH]c1ccccc12. The number of rotatable bonds is 2. The summed E-state index contributed by atoms with van der Waals surface area (Å²) >= 11 is 0. The van der Waals surface area contributed by atoms with Gasteiger partial charge in [-0.1, -0.05) is 18.2 Å². The molecule has 23 heavy (non-hydrogen) atoms. The molecule has 4 rings (SSSR count). The highest BCUT2D eigenvalue weighted by atomic mass is 16.2. The number of carbonyl (C=O) groups excluding carboxylic acids is 2. The van der Waals surface area contributed by atoms with E-state index < -0.39 is 5.91 Å². The van der Waals surface area contributed by atoms with Gasteiger partial charge in [0.2, 0.25) is 0 Å². The Balaban J connectivity index is 1.97. The summed E-state index contributed by atoms with van der Waals surface area (Å²) in [5.74, 6) is -0.783. The lowest BCUT2D eigenvalue weighted by atomic mass is 10.1. The molecule has 1 saturated heterocycles. The van der Waals surface area contributed by atoms with Gasteiger partial charge in [-0.25, -0.2) is 4.98 Å². The van der Waals surface area contributed by atoms with Crippen molar-refractivity contribution in [1.82, 2.24) is 14.9 Å². The molecule has 3 heterocycles. The number of nitrogens with two attached hydrogens (primary N) is 1. The third-order valence-electron chi connectivity index (χ3n) is 4.34. The number of hydrogen-bond donors (Lipinski definition) is 2. The predicted octanol–water partition coefficient (Wildman–Crippen LogP) is 2.05. The van der Waals surface area contributed by atoms with E-state index in [1.165, 1.54) is 0 Å². The first kappa shape index (κ1) is 13.8. The summed E-state index contributed by atoms with van der Waals surface area (Å²) in [5.41, 5.74) is 7.33. The highest BCUT2D eigenvalue weighted by molar-refractivity contribution is 6.15. The molecule has 0 saturated carbocycles. The van der Waals surface area contributed by atoms with Crippen molar-refractivity contribution < 1.29 is 9.59 Å². The zero-order valence-electron chi connectivity index (χ0n) is 12.5. The number of hydrogen-bond acceptors (Lipinski definition) is 3. The minimum absolute atomic E-state index is 0.112. The normalized spacial score (nSPS) is 14.7. The molecule has 0 unspecified atom stereocenters. The summed E-state index contributed by atoms with van der Waals surface area (Å²) in [6.45, 7) is 1.47. The Morgan fingerprint density at radius 2 is 1.87 bits per heavy atom. The summed E-state index contributed by atoms with van der Waals surface area (Å²) < 4.78 is 0. The van der Waals surface area contributed by atoms with Crippen LogP contribution in [0.3, 0.4) is 0 Å². The van der Waals surface area contributed by atoms with E-state index >= 15 is 0 Å². The Hall–Kier alpha value is -2.89. The third-order valence-corrected chi connectivity index (χ3v) is 4.34. The van der Waals surface area contributed by atoms with Gasteiger partial charge in [-0.05, 0) is 25.0 Å². The number of aromatic nitrogens is 2. The van der Waals surface area contributed by atoms with E-state index in [1.807, 2.05) is 24.3 Å². The second-order valence-corrected chi connectivity index (χ2v) is 5.81. The molecule has 1 fully saturated rings. The summed E-state index contributed by atoms with van der Waals surface area (Å²) in [6.07, 6.45) is 2.01. The van der Waals surface area contributed by atoms with Crippen LogP contribution in [0.1, 0.15) is 33.8 Å². The van der Waals surface area contributed by atoms with Crippen LogP contribution in [-0.4, -0.2) is 39.8 Å². The second kappa shape index (κ2) is 5.08. The number of nitrogens with one attached hydrogen (secondary N) is 1. The Kier molecular flexibility index (Phi) is 3.04. The maximum atomic E-state index is 12.6. The van der Waals surface area contributed by atoms with Crippen LogP contribution >= 0.6 is 0 Å². The maximum Gasteiger partial charge on any atom is 0.272 e. The third kappa shape index (κ3) is 2.14. The van der Waals surface area contributed by atoms with Crippen molar-refractivity contribution in [2.24, 2.45) is 5.73 Å². The monoisotopic (exact) mass is 308 g/mol. The van der Waals surface area contributed by atoms with Gasteiger partial charge in [0.05, 0.1) is 5.52 Å². The number of para-hydroxylation sites is 1. The molecular formula is C17H16N4O2. The number of pyridine rings is 1. The van der Waals surface area contributed by atoms with Gasteiger partial charge in [0, 0.05) is 29.4 Å². The molecule has 6 heteroatoms. The van der Waals surface area contributed by atoms with Crippen molar-refractivity contribution in [3.8, 4) is 0 Å². The van der Waals surface area contributed by atoms with E-state index in [9.17, 15) is 9.59 Å². The number of amides is 2. The average Bonchev–Trinajstić information content (AvgIpc) is 3.20. The number of nitrogens with zero attached hydrogens (tertiary/aromatic N) is 2. The van der Waals surface area contributed by atoms with Gasteiger partial charge < -0.3 is 15.6 Å². The topological polar surface area (TPSA) is 92.1 Å². The van der Waals surface area contributed by atoms with Crippen LogP contribution in [0.5, 0.6) is 0 Å². The van der Waals surface area contributed by atoms with Crippen molar-refractivity contribution >= 4 is 33.6 Å². The molecule has 0 radical (unpaired) electrons. The lowest BCUT2D eigenvalue weighted by molar-refractivity contribution is 0.0787. The first-order chi connectivity index (χ1) is 11.1. The molecule has 1 aromatic carbocycles. The molecule has 1 aliphatic rings. The maximum absolute atomic E-state index is 12.6. The van der Waals surface area contributed by atoms with Gasteiger partial charge in [-0.15, -0.1) is 0 Å². The Bertz CT molecular complexity index is 938. The number of H-pyrrole nitrogens is 1. The predicted molar refractivity (Wildman–Crippen MR) is 87.3 cm³/mol. The van der Waals surface area contributed by atoms with Crippen LogP contribution in [0.25, 0.3) is 21.8 Å². The van der Waals surface area contributed by atoms with E-state index in [0.29, 0.717) is 5.52 Å². The van der Waals surface area contributed by atoms with Gasteiger partial charge in [0.25, 0.3) is 11.8 Å². The highest BCUT2D eigenvalue weighted by Gasteiger charge is 2.24. The van der Waals surface area contributed by atoms with Crippen molar-refractivity contribution in [2.45, 2.75) is 12.8 Å². The molecule has 0 atom stereocenters. The minimum atomic E-state index is -0.641. The van der Waals surface area contributed by atoms with Crippen molar-refractivity contribution in [3.63, 3.8) is 0 Å². The largest absolute Gasteiger partial charge is 0.364 e. The molecule has 3 aromatic rings. The van der Waals surface area contributed by atoms with E-state index in [1.54, 1.807) is 11.0 Å². The molecular weight excluding hydrogens is 292 g/mol. The van der Waals surface area contributed by atoms with Gasteiger partial charge in [0.1, 0.15) is 5.69 Å². The number of aromatic amines is 1. The van der Waals surface area contributed by atoms with Gasteiger partial charge in [0.15, 0.2) is 5.69 Å². The van der Waals surface area contributed by atoms with Crippen LogP contribution in [0.2, 0.25) is 0 Å².